The van der Waals surface area contributed by atoms with Gasteiger partial charge in [0.05, 0.1) is 5.56 Å². The van der Waals surface area contributed by atoms with Gasteiger partial charge < -0.3 is 16.0 Å². The predicted octanol–water partition coefficient (Wildman–Crippen LogP) is 1.72. The lowest BCUT2D eigenvalue weighted by Crippen LogP contribution is -2.26. The summed E-state index contributed by atoms with van der Waals surface area (Å²) in [4.78, 5) is 29.8. The van der Waals surface area contributed by atoms with Gasteiger partial charge in [-0.2, -0.15) is 0 Å². The van der Waals surface area contributed by atoms with Gasteiger partial charge in [-0.3, -0.25) is 9.59 Å². The molecular formula is C18H20N4O2. The second-order valence-electron chi connectivity index (χ2n) is 5.84. The Labute approximate surface area is 140 Å². The van der Waals surface area contributed by atoms with E-state index in [2.05, 4.69) is 10.3 Å². The SMILES string of the molecule is Nc1ccc(C(=O)NCc2ccccc2CN2CCCC2=O)cn1. The van der Waals surface area contributed by atoms with E-state index in [-0.39, 0.29) is 11.8 Å². The van der Waals surface area contributed by atoms with Crippen molar-refractivity contribution in [3.63, 3.8) is 0 Å². The second-order valence-corrected chi connectivity index (χ2v) is 5.84. The molecule has 0 saturated carbocycles. The van der Waals surface area contributed by atoms with Gasteiger partial charge in [0.1, 0.15) is 5.82 Å². The van der Waals surface area contributed by atoms with E-state index < -0.39 is 0 Å². The topological polar surface area (TPSA) is 88.3 Å². The number of hydrogen-bond donors (Lipinski definition) is 2. The molecule has 1 aromatic carbocycles. The number of nitrogens with one attached hydrogen (secondary N) is 1. The molecule has 0 atom stereocenters. The molecule has 3 N–H and O–H groups in total. The van der Waals surface area contributed by atoms with Crippen molar-refractivity contribution in [2.75, 3.05) is 12.3 Å². The predicted molar refractivity (Wildman–Crippen MR) is 90.9 cm³/mol. The summed E-state index contributed by atoms with van der Waals surface area (Å²) in [6, 6.07) is 11.1. The lowest BCUT2D eigenvalue weighted by atomic mass is 10.1. The molecule has 0 radical (unpaired) electrons. The molecule has 0 spiro atoms. The first-order valence-corrected chi connectivity index (χ1v) is 7.98. The molecule has 2 aromatic rings. The van der Waals surface area contributed by atoms with Crippen LogP contribution >= 0.6 is 0 Å². The molecule has 6 heteroatoms. The highest BCUT2D eigenvalue weighted by Gasteiger charge is 2.20. The van der Waals surface area contributed by atoms with Gasteiger partial charge in [0.25, 0.3) is 5.91 Å². The maximum absolute atomic E-state index is 12.2. The quantitative estimate of drug-likeness (QED) is 0.876. The van der Waals surface area contributed by atoms with Crippen LogP contribution in [0.2, 0.25) is 0 Å². The summed E-state index contributed by atoms with van der Waals surface area (Å²) < 4.78 is 0. The Balaban J connectivity index is 1.65. The molecular weight excluding hydrogens is 304 g/mol. The number of nitrogens with zero attached hydrogens (tertiary/aromatic N) is 2. The van der Waals surface area contributed by atoms with Crippen molar-refractivity contribution in [2.24, 2.45) is 0 Å². The number of pyridine rings is 1. The third kappa shape index (κ3) is 3.71. The van der Waals surface area contributed by atoms with Gasteiger partial charge in [0.2, 0.25) is 5.91 Å². The van der Waals surface area contributed by atoms with Crippen molar-refractivity contribution in [1.29, 1.82) is 0 Å². The minimum Gasteiger partial charge on any atom is -0.384 e. The standard InChI is InChI=1S/C18H20N4O2/c19-16-8-7-14(11-20-16)18(24)21-10-13-4-1-2-5-15(13)12-22-9-3-6-17(22)23/h1-2,4-5,7-8,11H,3,6,9-10,12H2,(H2,19,20)(H,21,24). The zero-order chi connectivity index (χ0) is 16.9. The molecule has 24 heavy (non-hydrogen) atoms. The maximum Gasteiger partial charge on any atom is 0.253 e. The van der Waals surface area contributed by atoms with Crippen molar-refractivity contribution in [1.82, 2.24) is 15.2 Å². The van der Waals surface area contributed by atoms with Crippen LogP contribution in [-0.2, 0) is 17.9 Å². The molecule has 1 aliphatic rings. The van der Waals surface area contributed by atoms with Crippen LogP contribution in [-0.4, -0.2) is 28.2 Å². The molecule has 0 bridgehead atoms. The molecule has 2 amide bonds. The van der Waals surface area contributed by atoms with E-state index in [0.29, 0.717) is 30.9 Å². The smallest absolute Gasteiger partial charge is 0.253 e. The Kier molecular flexibility index (Phi) is 4.74. The fourth-order valence-electron chi connectivity index (χ4n) is 2.78. The van der Waals surface area contributed by atoms with E-state index in [1.54, 1.807) is 12.1 Å². The van der Waals surface area contributed by atoms with Gasteiger partial charge in [-0.05, 0) is 29.7 Å². The van der Waals surface area contributed by atoms with E-state index in [4.69, 9.17) is 5.73 Å². The molecule has 124 valence electrons. The lowest BCUT2D eigenvalue weighted by molar-refractivity contribution is -0.128. The highest BCUT2D eigenvalue weighted by molar-refractivity contribution is 5.94. The summed E-state index contributed by atoms with van der Waals surface area (Å²) in [5.41, 5.74) is 8.06. The van der Waals surface area contributed by atoms with Crippen LogP contribution in [0.1, 0.15) is 34.3 Å². The third-order valence-corrected chi connectivity index (χ3v) is 4.14. The van der Waals surface area contributed by atoms with E-state index in [0.717, 1.165) is 24.1 Å². The minimum absolute atomic E-state index is 0.196. The van der Waals surface area contributed by atoms with Gasteiger partial charge in [0, 0.05) is 32.3 Å². The van der Waals surface area contributed by atoms with E-state index in [1.807, 2.05) is 29.2 Å². The molecule has 3 rings (SSSR count). The van der Waals surface area contributed by atoms with Crippen LogP contribution in [0.25, 0.3) is 0 Å². The number of nitrogens with two attached hydrogens (primary N) is 1. The highest BCUT2D eigenvalue weighted by Crippen LogP contribution is 2.17. The summed E-state index contributed by atoms with van der Waals surface area (Å²) in [7, 11) is 0. The van der Waals surface area contributed by atoms with Crippen LogP contribution in [0.5, 0.6) is 0 Å². The molecule has 1 fully saturated rings. The maximum atomic E-state index is 12.2. The number of aromatic nitrogens is 1. The fourth-order valence-corrected chi connectivity index (χ4v) is 2.78. The number of benzene rings is 1. The van der Waals surface area contributed by atoms with E-state index in [1.165, 1.54) is 6.20 Å². The van der Waals surface area contributed by atoms with Crippen molar-refractivity contribution >= 4 is 17.6 Å². The minimum atomic E-state index is -0.199. The molecule has 0 aliphatic carbocycles. The van der Waals surface area contributed by atoms with E-state index in [9.17, 15) is 9.59 Å². The number of amides is 2. The van der Waals surface area contributed by atoms with Crippen molar-refractivity contribution < 1.29 is 9.59 Å². The molecule has 2 heterocycles. The lowest BCUT2D eigenvalue weighted by Gasteiger charge is -2.18. The van der Waals surface area contributed by atoms with Crippen LogP contribution in [0.4, 0.5) is 5.82 Å². The average Bonchev–Trinajstić information content (AvgIpc) is 2.99. The largest absolute Gasteiger partial charge is 0.384 e. The Morgan fingerprint density at radius 3 is 2.67 bits per heavy atom. The number of carbonyl (C=O) groups is 2. The number of hydrogen-bond acceptors (Lipinski definition) is 4. The Hall–Kier alpha value is -2.89. The molecule has 0 unspecified atom stereocenters. The van der Waals surface area contributed by atoms with Crippen molar-refractivity contribution in [2.45, 2.75) is 25.9 Å². The van der Waals surface area contributed by atoms with Crippen LogP contribution in [0, 0.1) is 0 Å². The van der Waals surface area contributed by atoms with Gasteiger partial charge >= 0.3 is 0 Å². The van der Waals surface area contributed by atoms with Crippen molar-refractivity contribution in [3.05, 3.63) is 59.3 Å². The highest BCUT2D eigenvalue weighted by atomic mass is 16.2. The summed E-state index contributed by atoms with van der Waals surface area (Å²) in [5.74, 6) is 0.378. The Bertz CT molecular complexity index is 743. The van der Waals surface area contributed by atoms with Crippen LogP contribution in [0.15, 0.2) is 42.6 Å². The van der Waals surface area contributed by atoms with Crippen LogP contribution < -0.4 is 11.1 Å². The monoisotopic (exact) mass is 324 g/mol. The first-order chi connectivity index (χ1) is 11.6. The summed E-state index contributed by atoms with van der Waals surface area (Å²) in [6.07, 6.45) is 3.00. The van der Waals surface area contributed by atoms with Gasteiger partial charge in [-0.1, -0.05) is 24.3 Å². The Morgan fingerprint density at radius 1 is 1.21 bits per heavy atom. The number of likely N-dealkylation sites (tertiary alicyclic amines) is 1. The normalized spacial score (nSPS) is 14.0. The van der Waals surface area contributed by atoms with Crippen molar-refractivity contribution in [3.8, 4) is 0 Å². The summed E-state index contributed by atoms with van der Waals surface area (Å²) >= 11 is 0. The summed E-state index contributed by atoms with van der Waals surface area (Å²) in [5, 5.41) is 2.89. The molecule has 6 nitrogen and oxygen atoms in total. The summed E-state index contributed by atoms with van der Waals surface area (Å²) in [6.45, 7) is 1.80. The van der Waals surface area contributed by atoms with Gasteiger partial charge in [-0.25, -0.2) is 4.98 Å². The second kappa shape index (κ2) is 7.12. The first-order valence-electron chi connectivity index (χ1n) is 7.98. The number of carbonyl (C=O) groups excluding carboxylic acids is 2. The van der Waals surface area contributed by atoms with E-state index >= 15 is 0 Å². The molecule has 1 aromatic heterocycles. The zero-order valence-electron chi connectivity index (χ0n) is 13.4. The number of rotatable bonds is 5. The fraction of sp³-hybridized carbons (Fsp3) is 0.278. The number of nitrogen functional groups attached to an aromatic ring is 1. The first kappa shape index (κ1) is 16.0. The Morgan fingerprint density at radius 2 is 2.00 bits per heavy atom. The van der Waals surface area contributed by atoms with Gasteiger partial charge in [0.15, 0.2) is 0 Å². The molecule has 1 saturated heterocycles. The van der Waals surface area contributed by atoms with Gasteiger partial charge in [-0.15, -0.1) is 0 Å². The molecule has 1 aliphatic heterocycles. The number of anilines is 1. The average molecular weight is 324 g/mol. The zero-order valence-corrected chi connectivity index (χ0v) is 13.4. The third-order valence-electron chi connectivity index (χ3n) is 4.14. The van der Waals surface area contributed by atoms with Crippen LogP contribution in [0.3, 0.4) is 0 Å².